The van der Waals surface area contributed by atoms with Gasteiger partial charge in [-0.3, -0.25) is 9.78 Å². The zero-order valence-electron chi connectivity index (χ0n) is 8.25. The summed E-state index contributed by atoms with van der Waals surface area (Å²) in [6, 6.07) is 3.43. The van der Waals surface area contributed by atoms with E-state index in [0.29, 0.717) is 12.1 Å². The molecule has 0 aromatic carbocycles. The van der Waals surface area contributed by atoms with E-state index < -0.39 is 0 Å². The molecule has 1 atom stereocenters. The van der Waals surface area contributed by atoms with Crippen LogP contribution in [0.4, 0.5) is 0 Å². The summed E-state index contributed by atoms with van der Waals surface area (Å²) in [5.74, 6) is -0.108. The average molecular weight is 213 g/mol. The highest BCUT2D eigenvalue weighted by molar-refractivity contribution is 6.20. The van der Waals surface area contributed by atoms with Crippen molar-refractivity contribution in [1.82, 2.24) is 10.3 Å². The minimum absolute atomic E-state index is 0.0538. The molecule has 0 bridgehead atoms. The maximum atomic E-state index is 11.5. The molecule has 4 heteroatoms. The van der Waals surface area contributed by atoms with Gasteiger partial charge in [-0.05, 0) is 26.0 Å². The maximum Gasteiger partial charge on any atom is 0.251 e. The number of alkyl halides is 1. The lowest BCUT2D eigenvalue weighted by Crippen LogP contribution is -2.28. The fourth-order valence-corrected chi connectivity index (χ4v) is 1.10. The van der Waals surface area contributed by atoms with Gasteiger partial charge >= 0.3 is 0 Å². The molecule has 1 heterocycles. The van der Waals surface area contributed by atoms with Gasteiger partial charge in [0.25, 0.3) is 5.91 Å². The molecular formula is C10H13ClN2O. The standard InChI is InChI=1S/C10H13ClN2O/c1-7(11)6-13-10(14)9-3-4-12-8(2)5-9/h3-5,7H,6H2,1-2H3,(H,13,14). The second kappa shape index (κ2) is 4.96. The monoisotopic (exact) mass is 212 g/mol. The first kappa shape index (κ1) is 11.0. The van der Waals surface area contributed by atoms with E-state index in [1.165, 1.54) is 0 Å². The van der Waals surface area contributed by atoms with E-state index in [9.17, 15) is 4.79 Å². The molecule has 0 aliphatic carbocycles. The Labute approximate surface area is 88.5 Å². The Morgan fingerprint density at radius 2 is 2.43 bits per heavy atom. The van der Waals surface area contributed by atoms with Crippen molar-refractivity contribution in [3.63, 3.8) is 0 Å². The molecule has 0 aliphatic heterocycles. The van der Waals surface area contributed by atoms with Gasteiger partial charge in [-0.15, -0.1) is 11.6 Å². The number of aromatic nitrogens is 1. The first-order valence-corrected chi connectivity index (χ1v) is 4.88. The predicted octanol–water partition coefficient (Wildman–Crippen LogP) is 1.75. The number of rotatable bonds is 3. The highest BCUT2D eigenvalue weighted by atomic mass is 35.5. The van der Waals surface area contributed by atoms with Gasteiger partial charge in [-0.1, -0.05) is 0 Å². The van der Waals surface area contributed by atoms with Crippen LogP contribution in [-0.4, -0.2) is 22.8 Å². The highest BCUT2D eigenvalue weighted by Gasteiger charge is 2.06. The van der Waals surface area contributed by atoms with Crippen molar-refractivity contribution in [1.29, 1.82) is 0 Å². The molecule has 1 rings (SSSR count). The van der Waals surface area contributed by atoms with Crippen LogP contribution >= 0.6 is 11.6 Å². The summed E-state index contributed by atoms with van der Waals surface area (Å²) in [5, 5.41) is 2.67. The molecule has 76 valence electrons. The van der Waals surface area contributed by atoms with Crippen LogP contribution in [0.2, 0.25) is 0 Å². The fraction of sp³-hybridized carbons (Fsp3) is 0.400. The Balaban J connectivity index is 2.61. The highest BCUT2D eigenvalue weighted by Crippen LogP contribution is 2.00. The maximum absolute atomic E-state index is 11.5. The molecule has 1 N–H and O–H groups in total. The SMILES string of the molecule is Cc1cc(C(=O)NCC(C)Cl)ccn1. The molecule has 1 amide bonds. The molecule has 0 aliphatic rings. The Morgan fingerprint density at radius 3 is 3.00 bits per heavy atom. The molecule has 3 nitrogen and oxygen atoms in total. The Morgan fingerprint density at radius 1 is 1.71 bits per heavy atom. The summed E-state index contributed by atoms with van der Waals surface area (Å²) in [5.41, 5.74) is 1.45. The number of carbonyl (C=O) groups is 1. The number of hydrogen-bond donors (Lipinski definition) is 1. The van der Waals surface area contributed by atoms with Crippen molar-refractivity contribution >= 4 is 17.5 Å². The van der Waals surface area contributed by atoms with Crippen LogP contribution in [-0.2, 0) is 0 Å². The minimum Gasteiger partial charge on any atom is -0.351 e. The van der Waals surface area contributed by atoms with Gasteiger partial charge in [-0.2, -0.15) is 0 Å². The topological polar surface area (TPSA) is 42.0 Å². The Bertz CT molecular complexity index is 326. The molecule has 0 fully saturated rings. The van der Waals surface area contributed by atoms with Gasteiger partial charge < -0.3 is 5.32 Å². The van der Waals surface area contributed by atoms with Gasteiger partial charge in [0.2, 0.25) is 0 Å². The smallest absolute Gasteiger partial charge is 0.251 e. The van der Waals surface area contributed by atoms with Crippen LogP contribution in [0.5, 0.6) is 0 Å². The zero-order chi connectivity index (χ0) is 10.6. The third-order valence-corrected chi connectivity index (χ3v) is 1.86. The molecule has 14 heavy (non-hydrogen) atoms. The number of pyridine rings is 1. The second-order valence-corrected chi connectivity index (χ2v) is 3.92. The number of amides is 1. The molecule has 1 aromatic heterocycles. The van der Waals surface area contributed by atoms with Crippen LogP contribution in [0, 0.1) is 6.92 Å². The first-order chi connectivity index (χ1) is 6.59. The normalized spacial score (nSPS) is 12.2. The van der Waals surface area contributed by atoms with Crippen molar-refractivity contribution in [2.45, 2.75) is 19.2 Å². The van der Waals surface area contributed by atoms with Crippen LogP contribution in [0.25, 0.3) is 0 Å². The number of halogens is 1. The lowest BCUT2D eigenvalue weighted by atomic mass is 10.2. The van der Waals surface area contributed by atoms with Gasteiger partial charge in [0.05, 0.1) is 0 Å². The second-order valence-electron chi connectivity index (χ2n) is 3.18. The van der Waals surface area contributed by atoms with E-state index >= 15 is 0 Å². The fourth-order valence-electron chi connectivity index (χ4n) is 1.02. The van der Waals surface area contributed by atoms with Crippen molar-refractivity contribution in [2.75, 3.05) is 6.54 Å². The molecule has 0 spiro atoms. The zero-order valence-corrected chi connectivity index (χ0v) is 9.01. The number of nitrogens with one attached hydrogen (secondary N) is 1. The number of carbonyl (C=O) groups excluding carboxylic acids is 1. The van der Waals surface area contributed by atoms with Crippen LogP contribution < -0.4 is 5.32 Å². The van der Waals surface area contributed by atoms with Crippen molar-refractivity contribution in [3.05, 3.63) is 29.6 Å². The van der Waals surface area contributed by atoms with E-state index in [4.69, 9.17) is 11.6 Å². The van der Waals surface area contributed by atoms with Gasteiger partial charge in [0.1, 0.15) is 0 Å². The van der Waals surface area contributed by atoms with E-state index in [2.05, 4.69) is 10.3 Å². The Kier molecular flexibility index (Phi) is 3.89. The first-order valence-electron chi connectivity index (χ1n) is 4.44. The molecule has 1 aromatic rings. The molecule has 0 saturated heterocycles. The summed E-state index contributed by atoms with van der Waals surface area (Å²) >= 11 is 5.71. The van der Waals surface area contributed by atoms with Crippen molar-refractivity contribution in [3.8, 4) is 0 Å². The molecule has 0 saturated carbocycles. The van der Waals surface area contributed by atoms with Crippen LogP contribution in [0.1, 0.15) is 23.0 Å². The predicted molar refractivity (Wildman–Crippen MR) is 56.6 cm³/mol. The van der Waals surface area contributed by atoms with E-state index in [-0.39, 0.29) is 11.3 Å². The quantitative estimate of drug-likeness (QED) is 0.776. The number of hydrogen-bond acceptors (Lipinski definition) is 2. The summed E-state index contributed by atoms with van der Waals surface area (Å²) in [7, 11) is 0. The Hall–Kier alpha value is -1.09. The van der Waals surface area contributed by atoms with Gasteiger partial charge in [-0.25, -0.2) is 0 Å². The van der Waals surface area contributed by atoms with Gasteiger partial charge in [0, 0.05) is 29.4 Å². The summed E-state index contributed by atoms with van der Waals surface area (Å²) in [4.78, 5) is 15.5. The lowest BCUT2D eigenvalue weighted by molar-refractivity contribution is 0.0953. The summed E-state index contributed by atoms with van der Waals surface area (Å²) in [6.45, 7) is 4.16. The molecular weight excluding hydrogens is 200 g/mol. The van der Waals surface area contributed by atoms with E-state index in [1.807, 2.05) is 13.8 Å². The molecule has 0 radical (unpaired) electrons. The van der Waals surface area contributed by atoms with Crippen LogP contribution in [0.15, 0.2) is 18.3 Å². The van der Waals surface area contributed by atoms with Crippen LogP contribution in [0.3, 0.4) is 0 Å². The number of aryl methyl sites for hydroxylation is 1. The lowest BCUT2D eigenvalue weighted by Gasteiger charge is -2.06. The largest absolute Gasteiger partial charge is 0.351 e. The minimum atomic E-state index is -0.108. The van der Waals surface area contributed by atoms with E-state index in [1.54, 1.807) is 18.3 Å². The van der Waals surface area contributed by atoms with Gasteiger partial charge in [0.15, 0.2) is 0 Å². The summed E-state index contributed by atoms with van der Waals surface area (Å²) < 4.78 is 0. The third-order valence-electron chi connectivity index (χ3n) is 1.70. The van der Waals surface area contributed by atoms with Crippen molar-refractivity contribution < 1.29 is 4.79 Å². The average Bonchev–Trinajstić information content (AvgIpc) is 2.14. The number of nitrogens with zero attached hydrogens (tertiary/aromatic N) is 1. The third kappa shape index (κ3) is 3.34. The van der Waals surface area contributed by atoms with Crippen molar-refractivity contribution in [2.24, 2.45) is 0 Å². The van der Waals surface area contributed by atoms with E-state index in [0.717, 1.165) is 5.69 Å². The summed E-state index contributed by atoms with van der Waals surface area (Å²) in [6.07, 6.45) is 1.62. The molecule has 1 unspecified atom stereocenters.